The van der Waals surface area contributed by atoms with Gasteiger partial charge in [-0.3, -0.25) is 4.79 Å². The number of ether oxygens (including phenoxy) is 1. The molecule has 0 aliphatic carbocycles. The van der Waals surface area contributed by atoms with E-state index in [1.165, 1.54) is 6.26 Å². The van der Waals surface area contributed by atoms with E-state index in [4.69, 9.17) is 9.26 Å². The summed E-state index contributed by atoms with van der Waals surface area (Å²) < 4.78 is 9.59. The number of carbonyl (C=O) groups is 1. The summed E-state index contributed by atoms with van der Waals surface area (Å²) >= 11 is 0. The molecule has 0 saturated heterocycles. The zero-order valence-electron chi connectivity index (χ0n) is 10.2. The van der Waals surface area contributed by atoms with Crippen LogP contribution in [0.1, 0.15) is 19.0 Å². The highest BCUT2D eigenvalue weighted by Crippen LogP contribution is 1.94. The van der Waals surface area contributed by atoms with Gasteiger partial charge in [0.25, 0.3) is 0 Å². The van der Waals surface area contributed by atoms with Crippen molar-refractivity contribution in [3.8, 4) is 0 Å². The second-order valence-electron chi connectivity index (χ2n) is 3.73. The molecule has 1 unspecified atom stereocenters. The molecule has 96 valence electrons. The molecule has 17 heavy (non-hydrogen) atoms. The monoisotopic (exact) mass is 241 g/mol. The van der Waals surface area contributed by atoms with Crippen LogP contribution in [0.2, 0.25) is 0 Å². The third-order valence-corrected chi connectivity index (χ3v) is 2.30. The fourth-order valence-corrected chi connectivity index (χ4v) is 1.26. The molecule has 0 bridgehead atoms. The lowest BCUT2D eigenvalue weighted by Crippen LogP contribution is -2.42. The first-order chi connectivity index (χ1) is 8.24. The molecular formula is C11H19N3O3. The van der Waals surface area contributed by atoms with E-state index in [1.54, 1.807) is 13.2 Å². The summed E-state index contributed by atoms with van der Waals surface area (Å²) in [5.41, 5.74) is 0.782. The second-order valence-corrected chi connectivity index (χ2v) is 3.73. The topological polar surface area (TPSA) is 76.4 Å². The SMILES string of the molecule is COCCCNC(=O)C(C)NCc1ccon1. The smallest absolute Gasteiger partial charge is 0.236 e. The van der Waals surface area contributed by atoms with Crippen molar-refractivity contribution in [3.63, 3.8) is 0 Å². The van der Waals surface area contributed by atoms with Crippen molar-refractivity contribution in [2.45, 2.75) is 25.9 Å². The highest BCUT2D eigenvalue weighted by atomic mass is 16.5. The third-order valence-electron chi connectivity index (χ3n) is 2.30. The Balaban J connectivity index is 2.13. The highest BCUT2D eigenvalue weighted by Gasteiger charge is 2.11. The Bertz CT molecular complexity index is 314. The molecule has 0 aliphatic rings. The molecule has 0 aromatic carbocycles. The zero-order chi connectivity index (χ0) is 12.5. The van der Waals surface area contributed by atoms with Gasteiger partial charge in [-0.1, -0.05) is 5.16 Å². The van der Waals surface area contributed by atoms with Gasteiger partial charge in [-0.05, 0) is 13.3 Å². The van der Waals surface area contributed by atoms with Gasteiger partial charge in [0.05, 0.1) is 11.7 Å². The Morgan fingerprint density at radius 1 is 1.65 bits per heavy atom. The number of aromatic nitrogens is 1. The van der Waals surface area contributed by atoms with E-state index in [-0.39, 0.29) is 11.9 Å². The molecule has 1 aromatic rings. The molecule has 0 aliphatic heterocycles. The Kier molecular flexibility index (Phi) is 6.27. The summed E-state index contributed by atoms with van der Waals surface area (Å²) in [6.07, 6.45) is 2.32. The first kappa shape index (κ1) is 13.7. The molecule has 1 heterocycles. The predicted octanol–water partition coefficient (Wildman–Crippen LogP) is 0.305. The number of hydrogen-bond donors (Lipinski definition) is 2. The molecular weight excluding hydrogens is 222 g/mol. The number of nitrogens with one attached hydrogen (secondary N) is 2. The highest BCUT2D eigenvalue weighted by molar-refractivity contribution is 5.81. The van der Waals surface area contributed by atoms with Gasteiger partial charge in [-0.25, -0.2) is 0 Å². The van der Waals surface area contributed by atoms with Crippen LogP contribution < -0.4 is 10.6 Å². The van der Waals surface area contributed by atoms with Crippen LogP contribution in [-0.2, 0) is 16.1 Å². The van der Waals surface area contributed by atoms with E-state index in [9.17, 15) is 4.79 Å². The van der Waals surface area contributed by atoms with E-state index in [1.807, 2.05) is 6.92 Å². The fourth-order valence-electron chi connectivity index (χ4n) is 1.26. The molecule has 6 nitrogen and oxygen atoms in total. The van der Waals surface area contributed by atoms with Gasteiger partial charge in [-0.2, -0.15) is 0 Å². The van der Waals surface area contributed by atoms with E-state index >= 15 is 0 Å². The van der Waals surface area contributed by atoms with Crippen LogP contribution in [0.15, 0.2) is 16.9 Å². The molecule has 0 spiro atoms. The van der Waals surface area contributed by atoms with Crippen LogP contribution >= 0.6 is 0 Å². The zero-order valence-corrected chi connectivity index (χ0v) is 10.2. The molecule has 6 heteroatoms. The van der Waals surface area contributed by atoms with Crippen molar-refractivity contribution in [1.82, 2.24) is 15.8 Å². The summed E-state index contributed by atoms with van der Waals surface area (Å²) in [5.74, 6) is -0.0235. The van der Waals surface area contributed by atoms with Crippen LogP contribution in [0.5, 0.6) is 0 Å². The number of nitrogens with zero attached hydrogens (tertiary/aromatic N) is 1. The lowest BCUT2D eigenvalue weighted by atomic mass is 10.3. The lowest BCUT2D eigenvalue weighted by molar-refractivity contribution is -0.122. The van der Waals surface area contributed by atoms with Crippen LogP contribution in [-0.4, -0.2) is 37.4 Å². The van der Waals surface area contributed by atoms with E-state index < -0.39 is 0 Å². The third kappa shape index (κ3) is 5.46. The molecule has 0 fully saturated rings. The van der Waals surface area contributed by atoms with Crippen molar-refractivity contribution in [2.75, 3.05) is 20.3 Å². The number of amides is 1. The van der Waals surface area contributed by atoms with E-state index in [2.05, 4.69) is 15.8 Å². The van der Waals surface area contributed by atoms with Crippen LogP contribution in [0.25, 0.3) is 0 Å². The average molecular weight is 241 g/mol. The van der Waals surface area contributed by atoms with Crippen molar-refractivity contribution in [2.24, 2.45) is 0 Å². The minimum absolute atomic E-state index is 0.0235. The molecule has 2 N–H and O–H groups in total. The molecule has 0 radical (unpaired) electrons. The Hall–Kier alpha value is -1.40. The minimum Gasteiger partial charge on any atom is -0.385 e. The van der Waals surface area contributed by atoms with Crippen molar-refractivity contribution in [1.29, 1.82) is 0 Å². The van der Waals surface area contributed by atoms with Crippen molar-refractivity contribution in [3.05, 3.63) is 18.0 Å². The van der Waals surface area contributed by atoms with Gasteiger partial charge in [0.15, 0.2) is 0 Å². The molecule has 0 saturated carbocycles. The number of methoxy groups -OCH3 is 1. The summed E-state index contributed by atoms with van der Waals surface area (Å²) in [5, 5.41) is 9.63. The molecule has 1 aromatic heterocycles. The number of hydrogen-bond acceptors (Lipinski definition) is 5. The van der Waals surface area contributed by atoms with Gasteiger partial charge in [-0.15, -0.1) is 0 Å². The maximum atomic E-state index is 11.6. The largest absolute Gasteiger partial charge is 0.385 e. The minimum atomic E-state index is -0.255. The van der Waals surface area contributed by atoms with Crippen molar-refractivity contribution >= 4 is 5.91 Å². The maximum Gasteiger partial charge on any atom is 0.236 e. The summed E-state index contributed by atoms with van der Waals surface area (Å²) in [7, 11) is 1.64. The van der Waals surface area contributed by atoms with Gasteiger partial charge in [0.1, 0.15) is 6.26 Å². The van der Waals surface area contributed by atoms with E-state index in [0.717, 1.165) is 12.1 Å². The van der Waals surface area contributed by atoms with Gasteiger partial charge >= 0.3 is 0 Å². The average Bonchev–Trinajstić information content (AvgIpc) is 2.84. The van der Waals surface area contributed by atoms with Crippen LogP contribution in [0.3, 0.4) is 0 Å². The van der Waals surface area contributed by atoms with Gasteiger partial charge < -0.3 is 19.9 Å². The Labute approximate surface area is 101 Å². The fraction of sp³-hybridized carbons (Fsp3) is 0.636. The number of carbonyl (C=O) groups excluding carboxylic acids is 1. The Morgan fingerprint density at radius 3 is 3.12 bits per heavy atom. The molecule has 1 amide bonds. The summed E-state index contributed by atoms with van der Waals surface area (Å²) in [6, 6.07) is 1.50. The predicted molar refractivity (Wildman–Crippen MR) is 62.3 cm³/mol. The lowest BCUT2D eigenvalue weighted by Gasteiger charge is -2.12. The summed E-state index contributed by atoms with van der Waals surface area (Å²) in [6.45, 7) is 3.61. The standard InChI is InChI=1S/C11H19N3O3/c1-9(11(15)12-5-3-6-16-2)13-8-10-4-7-17-14-10/h4,7,9,13H,3,5-6,8H2,1-2H3,(H,12,15). The van der Waals surface area contributed by atoms with E-state index in [0.29, 0.717) is 19.7 Å². The Morgan fingerprint density at radius 2 is 2.47 bits per heavy atom. The van der Waals surface area contributed by atoms with Gasteiger partial charge in [0.2, 0.25) is 5.91 Å². The first-order valence-electron chi connectivity index (χ1n) is 5.63. The maximum absolute atomic E-state index is 11.6. The number of rotatable bonds is 8. The normalized spacial score (nSPS) is 12.4. The van der Waals surface area contributed by atoms with Crippen LogP contribution in [0, 0.1) is 0 Å². The molecule has 1 rings (SSSR count). The second kappa shape index (κ2) is 7.81. The van der Waals surface area contributed by atoms with Crippen molar-refractivity contribution < 1.29 is 14.1 Å². The molecule has 1 atom stereocenters. The van der Waals surface area contributed by atoms with Gasteiger partial charge in [0, 0.05) is 32.9 Å². The van der Waals surface area contributed by atoms with Crippen LogP contribution in [0.4, 0.5) is 0 Å². The first-order valence-corrected chi connectivity index (χ1v) is 5.63. The quantitative estimate of drug-likeness (QED) is 0.640. The summed E-state index contributed by atoms with van der Waals surface area (Å²) in [4.78, 5) is 11.6.